The summed E-state index contributed by atoms with van der Waals surface area (Å²) in [5.74, 6) is -1.45. The van der Waals surface area contributed by atoms with Crippen LogP contribution in [0.3, 0.4) is 0 Å². The van der Waals surface area contributed by atoms with Gasteiger partial charge in [0.15, 0.2) is 0 Å². The molecular weight excluding hydrogens is 336 g/mol. The Bertz CT molecular complexity index is 660. The largest absolute Gasteiger partial charge is 0.494 e. The number of amides is 1. The summed E-state index contributed by atoms with van der Waals surface area (Å²) in [6.07, 6.45) is 0.933. The van der Waals surface area contributed by atoms with Crippen molar-refractivity contribution in [3.05, 3.63) is 29.8 Å². The first-order valence-corrected chi connectivity index (χ1v) is 8.72. The number of nitrogens with one attached hydrogen (secondary N) is 1. The Morgan fingerprint density at radius 2 is 2.00 bits per heavy atom. The first-order valence-electron chi connectivity index (χ1n) is 8.72. The molecule has 0 saturated carbocycles. The minimum absolute atomic E-state index is 0.0222. The van der Waals surface area contributed by atoms with Crippen LogP contribution in [0.1, 0.15) is 25.3 Å². The number of carboxylic acids is 1. The zero-order valence-electron chi connectivity index (χ0n) is 14.9. The normalized spacial score (nSPS) is 16.9. The molecule has 0 spiro atoms. The van der Waals surface area contributed by atoms with Crippen molar-refractivity contribution >= 4 is 11.9 Å². The molecule has 1 aromatic carbocycles. The van der Waals surface area contributed by atoms with Crippen LogP contribution < -0.4 is 10.1 Å². The Kier molecular flexibility index (Phi) is 6.98. The van der Waals surface area contributed by atoms with Crippen LogP contribution in [0.2, 0.25) is 0 Å². The molecule has 1 unspecified atom stereocenters. The van der Waals surface area contributed by atoms with Crippen LogP contribution in [0.25, 0.3) is 0 Å². The molecule has 1 atom stereocenters. The van der Waals surface area contributed by atoms with Crippen LogP contribution in [0.4, 0.5) is 0 Å². The van der Waals surface area contributed by atoms with Gasteiger partial charge in [-0.1, -0.05) is 12.1 Å². The first kappa shape index (κ1) is 19.7. The summed E-state index contributed by atoms with van der Waals surface area (Å²) < 4.78 is 10.6. The van der Waals surface area contributed by atoms with Crippen LogP contribution in [0.5, 0.6) is 5.75 Å². The summed E-state index contributed by atoms with van der Waals surface area (Å²) in [4.78, 5) is 24.0. The Balaban J connectivity index is 1.96. The zero-order chi connectivity index (χ0) is 19.0. The monoisotopic (exact) mass is 360 g/mol. The predicted molar refractivity (Wildman–Crippen MR) is 93.5 cm³/mol. The van der Waals surface area contributed by atoms with Crippen molar-refractivity contribution in [2.75, 3.05) is 26.4 Å². The van der Waals surface area contributed by atoms with Gasteiger partial charge in [-0.25, -0.2) is 0 Å². The number of aliphatic carboxylic acids is 1. The van der Waals surface area contributed by atoms with Gasteiger partial charge in [0.2, 0.25) is 5.91 Å². The molecule has 1 heterocycles. The minimum Gasteiger partial charge on any atom is -0.494 e. The average molecular weight is 360 g/mol. The third-order valence-electron chi connectivity index (χ3n) is 4.57. The Hall–Kier alpha value is -2.59. The molecule has 0 aliphatic carbocycles. The highest BCUT2D eigenvalue weighted by Crippen LogP contribution is 2.30. The van der Waals surface area contributed by atoms with E-state index < -0.39 is 23.2 Å². The number of hydrogen-bond acceptors (Lipinski definition) is 5. The number of nitriles is 1. The van der Waals surface area contributed by atoms with Gasteiger partial charge in [-0.2, -0.15) is 5.26 Å². The van der Waals surface area contributed by atoms with Gasteiger partial charge < -0.3 is 19.9 Å². The van der Waals surface area contributed by atoms with Crippen molar-refractivity contribution in [2.24, 2.45) is 11.3 Å². The maximum Gasteiger partial charge on any atom is 0.308 e. The maximum absolute atomic E-state index is 12.4. The van der Waals surface area contributed by atoms with Gasteiger partial charge in [0.05, 0.1) is 18.6 Å². The van der Waals surface area contributed by atoms with Crippen LogP contribution in [-0.4, -0.2) is 43.3 Å². The van der Waals surface area contributed by atoms with Gasteiger partial charge in [-0.15, -0.1) is 0 Å². The van der Waals surface area contributed by atoms with E-state index in [1.54, 1.807) is 12.1 Å². The van der Waals surface area contributed by atoms with Crippen molar-refractivity contribution in [3.63, 3.8) is 0 Å². The lowest BCUT2D eigenvalue weighted by molar-refractivity contribution is -0.142. The molecule has 2 N–H and O–H groups in total. The average Bonchev–Trinajstić information content (AvgIpc) is 2.66. The third kappa shape index (κ3) is 4.96. The standard InChI is InChI=1S/C19H24N2O5/c1-2-26-16-5-3-14(4-6-16)11-15(17(22)23)12-21-18(24)19(13-20)7-9-25-10-8-19/h3-6,15H,2,7-12H2,1H3,(H,21,24)(H,22,23). The highest BCUT2D eigenvalue weighted by atomic mass is 16.5. The number of hydrogen-bond donors (Lipinski definition) is 2. The molecule has 0 aromatic heterocycles. The number of benzene rings is 1. The van der Waals surface area contributed by atoms with E-state index in [9.17, 15) is 20.0 Å². The SMILES string of the molecule is CCOc1ccc(CC(CNC(=O)C2(C#N)CCOCC2)C(=O)O)cc1. The molecule has 1 amide bonds. The second-order valence-corrected chi connectivity index (χ2v) is 6.33. The van der Waals surface area contributed by atoms with E-state index in [1.807, 2.05) is 19.1 Å². The predicted octanol–water partition coefficient (Wildman–Crippen LogP) is 1.77. The molecule has 1 saturated heterocycles. The van der Waals surface area contributed by atoms with Crippen molar-refractivity contribution in [1.82, 2.24) is 5.32 Å². The van der Waals surface area contributed by atoms with E-state index in [4.69, 9.17) is 9.47 Å². The molecular formula is C19H24N2O5. The lowest BCUT2D eigenvalue weighted by Gasteiger charge is -2.29. The van der Waals surface area contributed by atoms with Gasteiger partial charge in [0.25, 0.3) is 0 Å². The van der Waals surface area contributed by atoms with E-state index >= 15 is 0 Å². The molecule has 26 heavy (non-hydrogen) atoms. The number of carbonyl (C=O) groups excluding carboxylic acids is 1. The van der Waals surface area contributed by atoms with Gasteiger partial charge in [0, 0.05) is 19.8 Å². The van der Waals surface area contributed by atoms with E-state index in [-0.39, 0.29) is 13.0 Å². The van der Waals surface area contributed by atoms with E-state index in [0.29, 0.717) is 32.7 Å². The van der Waals surface area contributed by atoms with Crippen LogP contribution in [0.15, 0.2) is 24.3 Å². The topological polar surface area (TPSA) is 109 Å². The lowest BCUT2D eigenvalue weighted by atomic mass is 9.80. The molecule has 0 radical (unpaired) electrons. The molecule has 7 heteroatoms. The van der Waals surface area contributed by atoms with Crippen LogP contribution in [0, 0.1) is 22.7 Å². The van der Waals surface area contributed by atoms with Gasteiger partial charge in [-0.05, 0) is 43.9 Å². The fraction of sp³-hybridized carbons (Fsp3) is 0.526. The molecule has 1 aliphatic heterocycles. The molecule has 2 rings (SSSR count). The summed E-state index contributed by atoms with van der Waals surface area (Å²) in [5, 5.41) is 21.5. The minimum atomic E-state index is -1.12. The van der Waals surface area contributed by atoms with E-state index in [0.717, 1.165) is 11.3 Å². The summed E-state index contributed by atoms with van der Waals surface area (Å²) in [7, 11) is 0. The lowest BCUT2D eigenvalue weighted by Crippen LogP contribution is -2.46. The Labute approximate surface area is 152 Å². The second kappa shape index (κ2) is 9.20. The fourth-order valence-electron chi connectivity index (χ4n) is 2.91. The van der Waals surface area contributed by atoms with E-state index in [1.165, 1.54) is 0 Å². The molecule has 0 bridgehead atoms. The smallest absolute Gasteiger partial charge is 0.308 e. The molecule has 1 aliphatic rings. The summed E-state index contributed by atoms with van der Waals surface area (Å²) in [5.41, 5.74) is -0.281. The second-order valence-electron chi connectivity index (χ2n) is 6.33. The maximum atomic E-state index is 12.4. The molecule has 1 aromatic rings. The highest BCUT2D eigenvalue weighted by Gasteiger charge is 2.40. The van der Waals surface area contributed by atoms with Crippen molar-refractivity contribution in [2.45, 2.75) is 26.2 Å². The highest BCUT2D eigenvalue weighted by molar-refractivity contribution is 5.86. The Morgan fingerprint density at radius 1 is 1.35 bits per heavy atom. The van der Waals surface area contributed by atoms with Crippen molar-refractivity contribution < 1.29 is 24.2 Å². The zero-order valence-corrected chi connectivity index (χ0v) is 14.9. The molecule has 7 nitrogen and oxygen atoms in total. The number of carboxylic acid groups (broad SMARTS) is 1. The van der Waals surface area contributed by atoms with Crippen LogP contribution in [-0.2, 0) is 20.7 Å². The number of carbonyl (C=O) groups is 2. The number of nitrogens with zero attached hydrogens (tertiary/aromatic N) is 1. The number of rotatable bonds is 8. The van der Waals surface area contributed by atoms with Gasteiger partial charge >= 0.3 is 5.97 Å². The van der Waals surface area contributed by atoms with Gasteiger partial charge in [0.1, 0.15) is 11.2 Å². The third-order valence-corrected chi connectivity index (χ3v) is 4.57. The molecule has 140 valence electrons. The van der Waals surface area contributed by atoms with Crippen LogP contribution >= 0.6 is 0 Å². The van der Waals surface area contributed by atoms with Gasteiger partial charge in [-0.3, -0.25) is 9.59 Å². The Morgan fingerprint density at radius 3 is 2.54 bits per heavy atom. The fourth-order valence-corrected chi connectivity index (χ4v) is 2.91. The molecule has 1 fully saturated rings. The van der Waals surface area contributed by atoms with Crippen molar-refractivity contribution in [1.29, 1.82) is 5.26 Å². The number of ether oxygens (including phenoxy) is 2. The summed E-state index contributed by atoms with van der Waals surface area (Å²) >= 11 is 0. The quantitative estimate of drug-likeness (QED) is 0.731. The van der Waals surface area contributed by atoms with Crippen molar-refractivity contribution in [3.8, 4) is 11.8 Å². The summed E-state index contributed by atoms with van der Waals surface area (Å²) in [6.45, 7) is 3.15. The first-order chi connectivity index (χ1) is 12.5. The summed E-state index contributed by atoms with van der Waals surface area (Å²) in [6, 6.07) is 9.31. The van der Waals surface area contributed by atoms with E-state index in [2.05, 4.69) is 11.4 Å².